The maximum atomic E-state index is 14.7. The van der Waals surface area contributed by atoms with Gasteiger partial charge >= 0.3 is 6.09 Å². The van der Waals surface area contributed by atoms with Crippen molar-refractivity contribution in [1.82, 2.24) is 14.9 Å². The van der Waals surface area contributed by atoms with E-state index in [4.69, 9.17) is 28.0 Å². The van der Waals surface area contributed by atoms with Crippen LogP contribution in [-0.2, 0) is 28.9 Å². The highest BCUT2D eigenvalue weighted by molar-refractivity contribution is 7.44. The van der Waals surface area contributed by atoms with Crippen LogP contribution in [0.25, 0.3) is 0 Å². The van der Waals surface area contributed by atoms with Gasteiger partial charge in [-0.15, -0.1) is 0 Å². The lowest BCUT2D eigenvalue weighted by molar-refractivity contribution is -0.134. The lowest BCUT2D eigenvalue weighted by Gasteiger charge is -2.58. The Morgan fingerprint density at radius 1 is 0.793 bits per heavy atom. The number of methoxy groups -OCH3 is 2. The summed E-state index contributed by atoms with van der Waals surface area (Å²) in [5.41, 5.74) is 3.90. The highest BCUT2D eigenvalue weighted by atomic mass is 31.2. The number of ether oxygens (including phenoxy) is 4. The van der Waals surface area contributed by atoms with Crippen LogP contribution in [0.4, 0.5) is 4.79 Å². The van der Waals surface area contributed by atoms with Crippen LogP contribution in [-0.4, -0.2) is 92.4 Å². The largest absolute Gasteiger partial charge is 0.497 e. The number of rotatable bonds is 28. The van der Waals surface area contributed by atoms with Crippen molar-refractivity contribution in [3.63, 3.8) is 0 Å². The van der Waals surface area contributed by atoms with E-state index in [2.05, 4.69) is 96.6 Å². The molecule has 450 valence electrons. The molecule has 2 amide bonds. The Bertz CT molecular complexity index is 2520. The molecule has 1 saturated heterocycles. The number of amides is 2. The Morgan fingerprint density at radius 3 is 2.10 bits per heavy atom. The minimum atomic E-state index is -1.55. The average Bonchev–Trinajstić information content (AvgIpc) is 1.91. The molecule has 11 atom stereocenters. The van der Waals surface area contributed by atoms with Crippen LogP contribution in [0.5, 0.6) is 11.5 Å². The molecule has 13 heteroatoms. The van der Waals surface area contributed by atoms with Gasteiger partial charge in [0.1, 0.15) is 23.2 Å². The number of unbranched alkanes of at least 4 members (excludes halogenated alkanes) is 2. The van der Waals surface area contributed by atoms with Gasteiger partial charge in [0.15, 0.2) is 0 Å². The molecule has 4 aliphatic carbocycles. The molecule has 12 nitrogen and oxygen atoms in total. The van der Waals surface area contributed by atoms with Gasteiger partial charge in [0.25, 0.3) is 8.53 Å². The first kappa shape index (κ1) is 63.5. The monoisotopic (exact) mass is 1140 g/mol. The van der Waals surface area contributed by atoms with Gasteiger partial charge in [-0.1, -0.05) is 127 Å². The van der Waals surface area contributed by atoms with Crippen molar-refractivity contribution in [1.29, 1.82) is 5.26 Å². The second-order valence-electron chi connectivity index (χ2n) is 26.3. The fraction of sp³-hybridized carbons (Fsp3) is 0.667. The van der Waals surface area contributed by atoms with Crippen molar-refractivity contribution in [3.05, 3.63) is 107 Å². The van der Waals surface area contributed by atoms with Gasteiger partial charge in [-0.25, -0.2) is 9.46 Å². The van der Waals surface area contributed by atoms with E-state index in [9.17, 15) is 14.9 Å². The third-order valence-electron chi connectivity index (χ3n) is 20.1. The molecule has 0 radical (unpaired) electrons. The lowest BCUT2D eigenvalue weighted by Crippen LogP contribution is -2.51. The van der Waals surface area contributed by atoms with Gasteiger partial charge in [0.2, 0.25) is 5.91 Å². The minimum absolute atomic E-state index is 0.0370. The summed E-state index contributed by atoms with van der Waals surface area (Å²) in [6, 6.07) is 28.3. The maximum Gasteiger partial charge on any atom is 0.407 e. The zero-order chi connectivity index (χ0) is 58.6. The first-order valence-corrected chi connectivity index (χ1v) is 32.8. The molecule has 5 aliphatic rings. The van der Waals surface area contributed by atoms with Crippen LogP contribution >= 0.6 is 8.53 Å². The molecular formula is C69H101N4O8P. The van der Waals surface area contributed by atoms with Crippen LogP contribution in [0, 0.1) is 57.7 Å². The first-order valence-electron chi connectivity index (χ1n) is 31.6. The van der Waals surface area contributed by atoms with Crippen molar-refractivity contribution in [3.8, 4) is 17.6 Å². The zero-order valence-electron chi connectivity index (χ0n) is 51.8. The van der Waals surface area contributed by atoms with Gasteiger partial charge in [0, 0.05) is 38.0 Å². The SMILES string of the molecule is COc1ccc(C(OCC2C[C@@H](OP(OCCC#N)N(C(C)C)C(C)C)CN2C(=O)CCCCCNC(=O)O[C@H]2CC[C@@]3(C)C(=CCC4C3CC[C@@]3(C)C4CC[C@@H]3[C@H](C)CCCC(C)C)C2)(c2ccccc2)c2ccc(OC)cc2)cc1. The standard InChI is InChI=1S/C69H101N4O8P/c1-48(2)20-18-21-51(7)62-35-36-63-61-34-29-55-44-59(37-39-67(55,8)64(61)38-40-68(62,63)9)80-66(75)71-42-17-13-16-24-65(74)72-46-60(81-82(79-43-19-41-70)73(49(3)4)50(5)6)45-56(72)47-78-69(52-22-14-12-15-23-52,53-25-30-57(76-10)31-26-53)54-27-32-58(77-11)33-28-54/h12,14-15,22-23,25-33,48-51,56,59-64H,13,16-21,24,34-40,42-47H2,1-11H3,(H,71,75)/t51-,56?,59+,60-,61?,62-,63?,64?,67+,68-,82?/m1/s1. The molecule has 5 unspecified atom stereocenters. The summed E-state index contributed by atoms with van der Waals surface area (Å²) in [5.74, 6) is 6.31. The molecular weight excluding hydrogens is 1040 g/mol. The third-order valence-corrected chi connectivity index (χ3v) is 22.3. The van der Waals surface area contributed by atoms with E-state index in [1.165, 1.54) is 56.9 Å². The van der Waals surface area contributed by atoms with Gasteiger partial charge in [-0.2, -0.15) is 5.26 Å². The molecule has 0 bridgehead atoms. The number of allylic oxidation sites excluding steroid dienone is 1. The number of nitrogens with zero attached hydrogens (tertiary/aromatic N) is 3. The molecule has 3 aromatic rings. The van der Waals surface area contributed by atoms with Crippen LogP contribution in [0.3, 0.4) is 0 Å². The minimum Gasteiger partial charge on any atom is -0.497 e. The van der Waals surface area contributed by atoms with E-state index in [1.54, 1.807) is 14.2 Å². The quantitative estimate of drug-likeness (QED) is 0.0324. The highest BCUT2D eigenvalue weighted by Gasteiger charge is 2.59. The number of fused-ring (bicyclic) bond motifs is 5. The highest BCUT2D eigenvalue weighted by Crippen LogP contribution is 2.67. The Hall–Kier alpha value is -4.50. The summed E-state index contributed by atoms with van der Waals surface area (Å²) in [6.45, 7) is 22.4. The second kappa shape index (κ2) is 29.1. The summed E-state index contributed by atoms with van der Waals surface area (Å²) in [5, 5.41) is 12.5. The summed E-state index contributed by atoms with van der Waals surface area (Å²) in [4.78, 5) is 30.0. The number of likely N-dealkylation sites (tertiary alicyclic amines) is 1. The first-order chi connectivity index (χ1) is 39.4. The molecule has 0 spiro atoms. The van der Waals surface area contributed by atoms with Crippen molar-refractivity contribution >= 4 is 20.5 Å². The molecule has 8 rings (SSSR count). The van der Waals surface area contributed by atoms with Crippen LogP contribution in [0.15, 0.2) is 90.5 Å². The van der Waals surface area contributed by atoms with E-state index >= 15 is 0 Å². The normalized spacial score (nSPS) is 26.9. The summed E-state index contributed by atoms with van der Waals surface area (Å²) < 4.78 is 40.3. The molecule has 3 aromatic carbocycles. The van der Waals surface area contributed by atoms with Gasteiger partial charge in [-0.05, 0) is 179 Å². The third kappa shape index (κ3) is 14.6. The Morgan fingerprint density at radius 2 is 1.46 bits per heavy atom. The molecule has 82 heavy (non-hydrogen) atoms. The van der Waals surface area contributed by atoms with Crippen molar-refractivity contribution in [2.45, 2.75) is 207 Å². The number of hydrogen-bond acceptors (Lipinski definition) is 10. The number of hydrogen-bond donors (Lipinski definition) is 1. The van der Waals surface area contributed by atoms with E-state index < -0.39 is 14.1 Å². The number of carbonyl (C=O) groups is 2. The van der Waals surface area contributed by atoms with E-state index in [1.807, 2.05) is 71.6 Å². The number of alkyl carbamates (subject to hydrolysis) is 1. The molecule has 1 N–H and O–H groups in total. The predicted octanol–water partition coefficient (Wildman–Crippen LogP) is 16.0. The van der Waals surface area contributed by atoms with Crippen molar-refractivity contribution in [2.24, 2.45) is 46.3 Å². The molecule has 0 aromatic heterocycles. The van der Waals surface area contributed by atoms with E-state index in [0.717, 1.165) is 95.8 Å². The second-order valence-corrected chi connectivity index (χ2v) is 27.7. The summed E-state index contributed by atoms with van der Waals surface area (Å²) in [6.07, 6.45) is 18.8. The number of nitrogens with one attached hydrogen (secondary N) is 1. The van der Waals surface area contributed by atoms with Crippen LogP contribution in [0.2, 0.25) is 0 Å². The van der Waals surface area contributed by atoms with Crippen LogP contribution in [0.1, 0.15) is 188 Å². The Kier molecular flexibility index (Phi) is 22.5. The summed E-state index contributed by atoms with van der Waals surface area (Å²) >= 11 is 0. The van der Waals surface area contributed by atoms with Crippen molar-refractivity contribution in [2.75, 3.05) is 40.5 Å². The maximum absolute atomic E-state index is 14.7. The average molecular weight is 1150 g/mol. The molecule has 1 aliphatic heterocycles. The topological polar surface area (TPSA) is 132 Å². The molecule has 4 fully saturated rings. The fourth-order valence-corrected chi connectivity index (χ4v) is 17.7. The summed E-state index contributed by atoms with van der Waals surface area (Å²) in [7, 11) is 1.77. The molecule has 1 heterocycles. The van der Waals surface area contributed by atoms with Crippen molar-refractivity contribution < 1.29 is 37.6 Å². The van der Waals surface area contributed by atoms with Gasteiger partial charge in [0.05, 0.1) is 52.1 Å². The zero-order valence-corrected chi connectivity index (χ0v) is 52.7. The number of nitriles is 1. The van der Waals surface area contributed by atoms with E-state index in [0.29, 0.717) is 37.8 Å². The Labute approximate surface area is 495 Å². The fourth-order valence-electron chi connectivity index (χ4n) is 16.0. The predicted molar refractivity (Wildman–Crippen MR) is 328 cm³/mol. The Balaban J connectivity index is 0.887. The van der Waals surface area contributed by atoms with Gasteiger partial charge in [-0.3, -0.25) is 4.79 Å². The lowest BCUT2D eigenvalue weighted by atomic mass is 9.47. The smallest absolute Gasteiger partial charge is 0.407 e. The van der Waals surface area contributed by atoms with Gasteiger partial charge < -0.3 is 38.2 Å². The number of carbonyl (C=O) groups excluding carboxylic acids is 2. The number of benzene rings is 3. The molecule has 3 saturated carbocycles. The van der Waals surface area contributed by atoms with Crippen LogP contribution < -0.4 is 14.8 Å². The van der Waals surface area contributed by atoms with E-state index in [-0.39, 0.29) is 67.4 Å².